The molecule has 1 aliphatic rings. The Labute approximate surface area is 154 Å². The summed E-state index contributed by atoms with van der Waals surface area (Å²) in [6.45, 7) is 1.19. The van der Waals surface area contributed by atoms with E-state index in [2.05, 4.69) is 33.4 Å². The van der Waals surface area contributed by atoms with Crippen LogP contribution in [0.25, 0.3) is 0 Å². The third-order valence-corrected chi connectivity index (χ3v) is 4.60. The average molecular weight is 355 g/mol. The number of hydrogen-bond acceptors (Lipinski definition) is 4. The molecule has 0 saturated carbocycles. The Morgan fingerprint density at radius 2 is 2.04 bits per heavy atom. The van der Waals surface area contributed by atoms with Crippen molar-refractivity contribution in [3.05, 3.63) is 53.6 Å². The summed E-state index contributed by atoms with van der Waals surface area (Å²) in [5.41, 5.74) is 3.15. The molecule has 1 aliphatic heterocycles. The summed E-state index contributed by atoms with van der Waals surface area (Å²) in [5.74, 6) is 2.05. The molecule has 26 heavy (non-hydrogen) atoms. The molecule has 0 fully saturated rings. The molecular formula is C20H25N3O3. The van der Waals surface area contributed by atoms with Crippen LogP contribution in [-0.2, 0) is 6.42 Å². The van der Waals surface area contributed by atoms with Gasteiger partial charge in [0.1, 0.15) is 11.5 Å². The van der Waals surface area contributed by atoms with Gasteiger partial charge in [0.15, 0.2) is 5.96 Å². The first kappa shape index (κ1) is 18.1. The van der Waals surface area contributed by atoms with E-state index in [1.807, 2.05) is 12.1 Å². The Morgan fingerprint density at radius 3 is 2.77 bits per heavy atom. The minimum atomic E-state index is -0.755. The fourth-order valence-corrected chi connectivity index (χ4v) is 3.25. The van der Waals surface area contributed by atoms with Crippen molar-refractivity contribution in [1.82, 2.24) is 5.32 Å². The SMILES string of the molecule is CN=C(NCC(O)c1cc(OC)ccc1OC)N1CCc2ccccc21. The van der Waals surface area contributed by atoms with Gasteiger partial charge in [0, 0.05) is 31.4 Å². The second-order valence-corrected chi connectivity index (χ2v) is 6.08. The van der Waals surface area contributed by atoms with E-state index in [9.17, 15) is 5.11 Å². The molecule has 2 aromatic carbocycles. The van der Waals surface area contributed by atoms with E-state index in [1.165, 1.54) is 5.56 Å². The number of hydrogen-bond donors (Lipinski definition) is 2. The van der Waals surface area contributed by atoms with Crippen LogP contribution in [0, 0.1) is 0 Å². The summed E-state index contributed by atoms with van der Waals surface area (Å²) >= 11 is 0. The third kappa shape index (κ3) is 3.60. The molecule has 6 heteroatoms. The van der Waals surface area contributed by atoms with E-state index in [0.717, 1.165) is 24.6 Å². The Morgan fingerprint density at radius 1 is 1.23 bits per heavy atom. The maximum Gasteiger partial charge on any atom is 0.198 e. The normalized spacial score (nSPS) is 14.8. The fourth-order valence-electron chi connectivity index (χ4n) is 3.25. The second kappa shape index (κ2) is 8.10. The zero-order chi connectivity index (χ0) is 18.5. The molecule has 1 atom stereocenters. The molecule has 2 N–H and O–H groups in total. The predicted octanol–water partition coefficient (Wildman–Crippen LogP) is 2.38. The van der Waals surface area contributed by atoms with E-state index in [4.69, 9.17) is 9.47 Å². The number of rotatable bonds is 5. The number of methoxy groups -OCH3 is 2. The van der Waals surface area contributed by atoms with E-state index in [1.54, 1.807) is 33.4 Å². The number of fused-ring (bicyclic) bond motifs is 1. The first-order valence-electron chi connectivity index (χ1n) is 8.64. The van der Waals surface area contributed by atoms with E-state index in [0.29, 0.717) is 23.6 Å². The van der Waals surface area contributed by atoms with Crippen LogP contribution >= 0.6 is 0 Å². The van der Waals surface area contributed by atoms with Gasteiger partial charge in [-0.3, -0.25) is 4.99 Å². The Kier molecular flexibility index (Phi) is 5.63. The number of aliphatic hydroxyl groups is 1. The standard InChI is InChI=1S/C20H25N3O3/c1-21-20(23-11-10-14-6-4-5-7-17(14)23)22-13-18(24)16-12-15(25-2)8-9-19(16)26-3/h4-9,12,18,24H,10-11,13H2,1-3H3,(H,21,22). The minimum absolute atomic E-state index is 0.314. The number of nitrogens with zero attached hydrogens (tertiary/aromatic N) is 2. The predicted molar refractivity (Wildman–Crippen MR) is 103 cm³/mol. The lowest BCUT2D eigenvalue weighted by molar-refractivity contribution is 0.176. The zero-order valence-corrected chi connectivity index (χ0v) is 15.4. The Balaban J connectivity index is 1.72. The molecular weight excluding hydrogens is 330 g/mol. The number of para-hydroxylation sites is 1. The number of ether oxygens (including phenoxy) is 2. The topological polar surface area (TPSA) is 66.3 Å². The molecule has 3 rings (SSSR count). The van der Waals surface area contributed by atoms with Crippen molar-refractivity contribution < 1.29 is 14.6 Å². The van der Waals surface area contributed by atoms with Crippen LogP contribution in [0.4, 0.5) is 5.69 Å². The van der Waals surface area contributed by atoms with Crippen LogP contribution < -0.4 is 19.7 Å². The quantitative estimate of drug-likeness (QED) is 0.637. The van der Waals surface area contributed by atoms with Crippen molar-refractivity contribution in [2.24, 2.45) is 4.99 Å². The molecule has 6 nitrogen and oxygen atoms in total. The first-order valence-corrected chi connectivity index (χ1v) is 8.64. The number of benzene rings is 2. The van der Waals surface area contributed by atoms with Crippen molar-refractivity contribution in [2.75, 3.05) is 39.3 Å². The molecule has 138 valence electrons. The van der Waals surface area contributed by atoms with Crippen LogP contribution in [0.5, 0.6) is 11.5 Å². The maximum absolute atomic E-state index is 10.7. The van der Waals surface area contributed by atoms with Gasteiger partial charge in [-0.2, -0.15) is 0 Å². The number of nitrogens with one attached hydrogen (secondary N) is 1. The Hall–Kier alpha value is -2.73. The second-order valence-electron chi connectivity index (χ2n) is 6.08. The molecule has 0 aliphatic carbocycles. The van der Waals surface area contributed by atoms with Gasteiger partial charge in [-0.15, -0.1) is 0 Å². The third-order valence-electron chi connectivity index (χ3n) is 4.60. The number of anilines is 1. The summed E-state index contributed by atoms with van der Waals surface area (Å²) < 4.78 is 10.6. The van der Waals surface area contributed by atoms with E-state index >= 15 is 0 Å². The van der Waals surface area contributed by atoms with Crippen LogP contribution in [0.15, 0.2) is 47.5 Å². The molecule has 0 aromatic heterocycles. The minimum Gasteiger partial charge on any atom is -0.497 e. The lowest BCUT2D eigenvalue weighted by atomic mass is 10.1. The van der Waals surface area contributed by atoms with Gasteiger partial charge >= 0.3 is 0 Å². The monoisotopic (exact) mass is 355 g/mol. The number of aliphatic imine (C=N–C) groups is 1. The molecule has 1 heterocycles. The van der Waals surface area contributed by atoms with Gasteiger partial charge in [-0.05, 0) is 36.2 Å². The van der Waals surface area contributed by atoms with Crippen LogP contribution in [0.2, 0.25) is 0 Å². The lowest BCUT2D eigenvalue weighted by Gasteiger charge is -2.24. The van der Waals surface area contributed by atoms with Crippen molar-refractivity contribution in [3.8, 4) is 11.5 Å². The number of aliphatic hydroxyl groups excluding tert-OH is 1. The highest BCUT2D eigenvalue weighted by atomic mass is 16.5. The molecule has 0 spiro atoms. The van der Waals surface area contributed by atoms with Gasteiger partial charge in [-0.1, -0.05) is 18.2 Å². The van der Waals surface area contributed by atoms with Crippen molar-refractivity contribution >= 4 is 11.6 Å². The molecule has 2 aromatic rings. The smallest absolute Gasteiger partial charge is 0.198 e. The van der Waals surface area contributed by atoms with Crippen molar-refractivity contribution in [3.63, 3.8) is 0 Å². The van der Waals surface area contributed by atoms with Crippen LogP contribution in [0.1, 0.15) is 17.2 Å². The first-order chi connectivity index (χ1) is 12.7. The van der Waals surface area contributed by atoms with Gasteiger partial charge in [0.05, 0.1) is 20.3 Å². The van der Waals surface area contributed by atoms with Gasteiger partial charge in [0.25, 0.3) is 0 Å². The molecule has 1 unspecified atom stereocenters. The lowest BCUT2D eigenvalue weighted by Crippen LogP contribution is -2.42. The van der Waals surface area contributed by atoms with Gasteiger partial charge < -0.3 is 24.8 Å². The fraction of sp³-hybridized carbons (Fsp3) is 0.350. The average Bonchev–Trinajstić information content (AvgIpc) is 3.12. The largest absolute Gasteiger partial charge is 0.497 e. The molecule has 0 saturated heterocycles. The van der Waals surface area contributed by atoms with Gasteiger partial charge in [0.2, 0.25) is 0 Å². The summed E-state index contributed by atoms with van der Waals surface area (Å²) in [6, 6.07) is 13.7. The highest BCUT2D eigenvalue weighted by molar-refractivity contribution is 5.97. The summed E-state index contributed by atoms with van der Waals surface area (Å²) in [7, 11) is 4.94. The highest BCUT2D eigenvalue weighted by Crippen LogP contribution is 2.30. The summed E-state index contributed by atoms with van der Waals surface area (Å²) in [4.78, 5) is 6.52. The zero-order valence-electron chi connectivity index (χ0n) is 15.4. The van der Waals surface area contributed by atoms with Crippen molar-refractivity contribution in [1.29, 1.82) is 0 Å². The van der Waals surface area contributed by atoms with Crippen LogP contribution in [0.3, 0.4) is 0 Å². The summed E-state index contributed by atoms with van der Waals surface area (Å²) in [6.07, 6.45) is 0.234. The maximum atomic E-state index is 10.7. The van der Waals surface area contributed by atoms with E-state index < -0.39 is 6.10 Å². The van der Waals surface area contributed by atoms with Gasteiger partial charge in [-0.25, -0.2) is 0 Å². The molecule has 0 radical (unpaired) electrons. The Bertz CT molecular complexity index is 792. The van der Waals surface area contributed by atoms with Crippen molar-refractivity contribution in [2.45, 2.75) is 12.5 Å². The van der Waals surface area contributed by atoms with E-state index in [-0.39, 0.29) is 0 Å². The van der Waals surface area contributed by atoms with Crippen LogP contribution in [-0.4, -0.2) is 45.4 Å². The summed E-state index contributed by atoms with van der Waals surface area (Å²) in [5, 5.41) is 13.9. The number of guanidine groups is 1. The molecule has 0 bridgehead atoms. The molecule has 0 amide bonds. The highest BCUT2D eigenvalue weighted by Gasteiger charge is 2.23.